The molecule has 0 aliphatic heterocycles. The number of ether oxygens (including phenoxy) is 1. The Kier molecular flexibility index (Phi) is 6.51. The average molecular weight is 328 g/mol. The van der Waals surface area contributed by atoms with Crippen LogP contribution in [0.3, 0.4) is 0 Å². The Morgan fingerprint density at radius 2 is 1.88 bits per heavy atom. The standard InChI is InChI=1S/C19H21FN2O2/c1-14(15-5-3-2-4-6-15)22-19(23)16-7-9-18(10-8-16)24-13-17(20)11-12-21/h2-11,14H,12-13,21H2,1H3,(H,22,23)/t14-/m0/s1. The van der Waals surface area contributed by atoms with Crippen LogP contribution in [0.2, 0.25) is 0 Å². The zero-order chi connectivity index (χ0) is 17.4. The number of benzene rings is 2. The summed E-state index contributed by atoms with van der Waals surface area (Å²) in [6.45, 7) is 1.89. The van der Waals surface area contributed by atoms with Crippen molar-refractivity contribution in [2.24, 2.45) is 5.73 Å². The lowest BCUT2D eigenvalue weighted by Gasteiger charge is -2.14. The molecule has 0 unspecified atom stereocenters. The Hall–Kier alpha value is -2.66. The molecule has 2 aromatic carbocycles. The van der Waals surface area contributed by atoms with E-state index in [2.05, 4.69) is 5.32 Å². The molecule has 0 saturated heterocycles. The van der Waals surface area contributed by atoms with Crippen molar-refractivity contribution in [3.8, 4) is 5.75 Å². The van der Waals surface area contributed by atoms with E-state index in [0.717, 1.165) is 5.56 Å². The van der Waals surface area contributed by atoms with Crippen molar-refractivity contribution < 1.29 is 13.9 Å². The average Bonchev–Trinajstić information content (AvgIpc) is 2.61. The fourth-order valence-corrected chi connectivity index (χ4v) is 2.15. The van der Waals surface area contributed by atoms with Gasteiger partial charge < -0.3 is 15.8 Å². The zero-order valence-corrected chi connectivity index (χ0v) is 13.5. The van der Waals surface area contributed by atoms with Crippen LogP contribution in [0.25, 0.3) is 0 Å². The minimum Gasteiger partial charge on any atom is -0.487 e. The summed E-state index contributed by atoms with van der Waals surface area (Å²) in [6, 6.07) is 16.2. The van der Waals surface area contributed by atoms with E-state index >= 15 is 0 Å². The van der Waals surface area contributed by atoms with Crippen molar-refractivity contribution in [3.63, 3.8) is 0 Å². The summed E-state index contributed by atoms with van der Waals surface area (Å²) in [6.07, 6.45) is 1.26. The summed E-state index contributed by atoms with van der Waals surface area (Å²) in [5.74, 6) is -0.105. The fraction of sp³-hybridized carbons (Fsp3) is 0.211. The fourth-order valence-electron chi connectivity index (χ4n) is 2.15. The van der Waals surface area contributed by atoms with Crippen molar-refractivity contribution in [2.45, 2.75) is 13.0 Å². The maximum atomic E-state index is 13.2. The van der Waals surface area contributed by atoms with Crippen molar-refractivity contribution in [2.75, 3.05) is 13.2 Å². The van der Waals surface area contributed by atoms with Crippen LogP contribution in [0, 0.1) is 0 Å². The van der Waals surface area contributed by atoms with Crippen LogP contribution < -0.4 is 15.8 Å². The van der Waals surface area contributed by atoms with Gasteiger partial charge in [0.05, 0.1) is 6.04 Å². The molecule has 0 saturated carbocycles. The molecule has 0 bridgehead atoms. The van der Waals surface area contributed by atoms with Crippen LogP contribution in [-0.2, 0) is 0 Å². The Bertz CT molecular complexity index is 684. The molecule has 5 heteroatoms. The number of hydrogen-bond acceptors (Lipinski definition) is 3. The second-order valence-corrected chi connectivity index (χ2v) is 5.31. The van der Waals surface area contributed by atoms with Gasteiger partial charge in [0.15, 0.2) is 0 Å². The van der Waals surface area contributed by atoms with Gasteiger partial charge in [0, 0.05) is 12.1 Å². The van der Waals surface area contributed by atoms with E-state index in [1.165, 1.54) is 6.08 Å². The highest BCUT2D eigenvalue weighted by Gasteiger charge is 2.11. The molecule has 0 heterocycles. The Morgan fingerprint density at radius 3 is 2.50 bits per heavy atom. The number of carbonyl (C=O) groups is 1. The second-order valence-electron chi connectivity index (χ2n) is 5.31. The summed E-state index contributed by atoms with van der Waals surface area (Å²) in [4.78, 5) is 12.3. The summed E-state index contributed by atoms with van der Waals surface area (Å²) in [5.41, 5.74) is 6.77. The van der Waals surface area contributed by atoms with Crippen LogP contribution in [0.5, 0.6) is 5.75 Å². The van der Waals surface area contributed by atoms with E-state index in [9.17, 15) is 9.18 Å². The quantitative estimate of drug-likeness (QED) is 0.819. The van der Waals surface area contributed by atoms with Gasteiger partial charge in [0.1, 0.15) is 18.2 Å². The van der Waals surface area contributed by atoms with E-state index in [0.29, 0.717) is 11.3 Å². The van der Waals surface area contributed by atoms with E-state index < -0.39 is 5.83 Å². The first-order valence-corrected chi connectivity index (χ1v) is 7.73. The maximum Gasteiger partial charge on any atom is 0.251 e. The molecule has 1 amide bonds. The first kappa shape index (κ1) is 17.7. The smallest absolute Gasteiger partial charge is 0.251 e. The van der Waals surface area contributed by atoms with E-state index in [-0.39, 0.29) is 25.1 Å². The predicted octanol–water partition coefficient (Wildman–Crippen LogP) is 3.37. The summed E-state index contributed by atoms with van der Waals surface area (Å²) < 4.78 is 18.5. The third kappa shape index (κ3) is 5.21. The summed E-state index contributed by atoms with van der Waals surface area (Å²) in [7, 11) is 0. The second kappa shape index (κ2) is 8.84. The predicted molar refractivity (Wildman–Crippen MR) is 92.5 cm³/mol. The lowest BCUT2D eigenvalue weighted by atomic mass is 10.1. The van der Waals surface area contributed by atoms with Gasteiger partial charge in [0.2, 0.25) is 0 Å². The molecular weight excluding hydrogens is 307 g/mol. The maximum absolute atomic E-state index is 13.2. The summed E-state index contributed by atoms with van der Waals surface area (Å²) >= 11 is 0. The number of nitrogens with two attached hydrogens (primary N) is 1. The molecule has 2 aromatic rings. The van der Waals surface area contributed by atoms with Crippen molar-refractivity contribution in [3.05, 3.63) is 77.6 Å². The largest absolute Gasteiger partial charge is 0.487 e. The summed E-state index contributed by atoms with van der Waals surface area (Å²) in [5, 5.41) is 2.94. The molecule has 0 aliphatic rings. The Balaban J connectivity index is 1.92. The molecule has 0 fully saturated rings. The van der Waals surface area contributed by atoms with Crippen LogP contribution >= 0.6 is 0 Å². The van der Waals surface area contributed by atoms with Gasteiger partial charge in [-0.05, 0) is 42.8 Å². The Morgan fingerprint density at radius 1 is 1.21 bits per heavy atom. The SMILES string of the molecule is C[C@H](NC(=O)c1ccc(OCC(F)=CCN)cc1)c1ccccc1. The lowest BCUT2D eigenvalue weighted by Crippen LogP contribution is -2.26. The molecule has 126 valence electrons. The number of nitrogens with one attached hydrogen (secondary N) is 1. The minimum absolute atomic E-state index is 0.0925. The molecule has 2 rings (SSSR count). The zero-order valence-electron chi connectivity index (χ0n) is 13.5. The molecule has 3 N–H and O–H groups in total. The van der Waals surface area contributed by atoms with Crippen LogP contribution in [0.15, 0.2) is 66.5 Å². The van der Waals surface area contributed by atoms with Crippen molar-refractivity contribution >= 4 is 5.91 Å². The third-order valence-electron chi connectivity index (χ3n) is 3.48. The van der Waals surface area contributed by atoms with Crippen LogP contribution in [0.4, 0.5) is 4.39 Å². The van der Waals surface area contributed by atoms with Gasteiger partial charge in [-0.3, -0.25) is 4.79 Å². The third-order valence-corrected chi connectivity index (χ3v) is 3.48. The van der Waals surface area contributed by atoms with Crippen LogP contribution in [0.1, 0.15) is 28.9 Å². The van der Waals surface area contributed by atoms with Gasteiger partial charge in [-0.2, -0.15) is 0 Å². The van der Waals surface area contributed by atoms with Crippen LogP contribution in [-0.4, -0.2) is 19.1 Å². The molecule has 0 aliphatic carbocycles. The van der Waals surface area contributed by atoms with Gasteiger partial charge >= 0.3 is 0 Å². The van der Waals surface area contributed by atoms with Crippen molar-refractivity contribution in [1.82, 2.24) is 5.32 Å². The van der Waals surface area contributed by atoms with Gasteiger partial charge in [-0.25, -0.2) is 4.39 Å². The highest BCUT2D eigenvalue weighted by molar-refractivity contribution is 5.94. The first-order valence-electron chi connectivity index (χ1n) is 7.73. The number of halogens is 1. The molecule has 0 spiro atoms. The number of rotatable bonds is 7. The molecule has 0 aromatic heterocycles. The molecule has 1 atom stereocenters. The van der Waals surface area contributed by atoms with Crippen molar-refractivity contribution in [1.29, 1.82) is 0 Å². The van der Waals surface area contributed by atoms with Gasteiger partial charge in [-0.15, -0.1) is 0 Å². The monoisotopic (exact) mass is 328 g/mol. The number of hydrogen-bond donors (Lipinski definition) is 2. The molecular formula is C19H21FN2O2. The number of amides is 1. The highest BCUT2D eigenvalue weighted by atomic mass is 19.1. The van der Waals surface area contributed by atoms with E-state index in [1.54, 1.807) is 24.3 Å². The number of carbonyl (C=O) groups excluding carboxylic acids is 1. The van der Waals surface area contributed by atoms with E-state index in [4.69, 9.17) is 10.5 Å². The molecule has 24 heavy (non-hydrogen) atoms. The molecule has 4 nitrogen and oxygen atoms in total. The highest BCUT2D eigenvalue weighted by Crippen LogP contribution is 2.16. The topological polar surface area (TPSA) is 64.3 Å². The first-order chi connectivity index (χ1) is 11.6. The molecule has 0 radical (unpaired) electrons. The van der Waals surface area contributed by atoms with Gasteiger partial charge in [0.25, 0.3) is 5.91 Å². The normalized spacial score (nSPS) is 12.5. The van der Waals surface area contributed by atoms with E-state index in [1.807, 2.05) is 37.3 Å². The lowest BCUT2D eigenvalue weighted by molar-refractivity contribution is 0.0940. The minimum atomic E-state index is -0.420. The van der Waals surface area contributed by atoms with Gasteiger partial charge in [-0.1, -0.05) is 30.3 Å². The Labute approximate surface area is 141 Å².